The lowest BCUT2D eigenvalue weighted by Crippen LogP contribution is -2.46. The van der Waals surface area contributed by atoms with Crippen LogP contribution in [0.1, 0.15) is 47.1 Å². The molecule has 0 radical (unpaired) electrons. The van der Waals surface area contributed by atoms with Crippen molar-refractivity contribution in [1.29, 1.82) is 0 Å². The van der Waals surface area contributed by atoms with Gasteiger partial charge in [-0.15, -0.1) is 0 Å². The minimum absolute atomic E-state index is 0.0179. The van der Waals surface area contributed by atoms with E-state index in [0.717, 1.165) is 41.9 Å². The van der Waals surface area contributed by atoms with Crippen molar-refractivity contribution in [2.45, 2.75) is 52.2 Å². The average molecular weight is 326 g/mol. The first-order valence-electron chi connectivity index (χ1n) is 8.65. The maximum Gasteiger partial charge on any atom is 0.251 e. The summed E-state index contributed by atoms with van der Waals surface area (Å²) in [5, 5.41) is 11.1. The first-order chi connectivity index (χ1) is 11.5. The number of benzene rings is 1. The van der Waals surface area contributed by atoms with Crippen LogP contribution >= 0.6 is 0 Å². The first kappa shape index (κ1) is 16.7. The van der Waals surface area contributed by atoms with Crippen LogP contribution in [0.4, 0.5) is 0 Å². The monoisotopic (exact) mass is 326 g/mol. The zero-order valence-corrected chi connectivity index (χ0v) is 14.7. The third-order valence-electron chi connectivity index (χ3n) is 4.58. The van der Waals surface area contributed by atoms with Crippen molar-refractivity contribution < 1.29 is 4.79 Å². The van der Waals surface area contributed by atoms with Crippen LogP contribution in [-0.4, -0.2) is 34.3 Å². The van der Waals surface area contributed by atoms with Gasteiger partial charge in [0, 0.05) is 23.3 Å². The van der Waals surface area contributed by atoms with Crippen LogP contribution in [0.15, 0.2) is 30.3 Å². The first-order valence-corrected chi connectivity index (χ1v) is 8.65. The van der Waals surface area contributed by atoms with Crippen LogP contribution in [0.3, 0.4) is 0 Å². The smallest absolute Gasteiger partial charge is 0.251 e. The van der Waals surface area contributed by atoms with Gasteiger partial charge in [-0.2, -0.15) is 5.10 Å². The Balaban J connectivity index is 1.68. The standard InChI is InChI=1S/C19H26N4O/c1-13-10-18(7-8-20-13)21-19(24)17-6-4-5-16(11-17)12-23-15(3)9-14(2)22-23/h4-6,9,11,13,18,20H,7-8,10,12H2,1-3H3,(H,21,24). The predicted octanol–water partition coefficient (Wildman–Crippen LogP) is 2.42. The van der Waals surface area contributed by atoms with Gasteiger partial charge in [0.05, 0.1) is 12.2 Å². The molecule has 2 unspecified atom stereocenters. The summed E-state index contributed by atoms with van der Waals surface area (Å²) in [7, 11) is 0. The summed E-state index contributed by atoms with van der Waals surface area (Å²) in [6.45, 7) is 7.85. The van der Waals surface area contributed by atoms with E-state index in [0.29, 0.717) is 12.6 Å². The molecular formula is C19H26N4O. The van der Waals surface area contributed by atoms with Crippen LogP contribution in [0, 0.1) is 13.8 Å². The summed E-state index contributed by atoms with van der Waals surface area (Å²) in [4.78, 5) is 12.5. The van der Waals surface area contributed by atoms with Crippen molar-refractivity contribution in [3.8, 4) is 0 Å². The second kappa shape index (κ2) is 7.18. The van der Waals surface area contributed by atoms with Crippen molar-refractivity contribution in [3.05, 3.63) is 52.8 Å². The molecule has 1 aromatic carbocycles. The highest BCUT2D eigenvalue weighted by molar-refractivity contribution is 5.94. The SMILES string of the molecule is Cc1cc(C)n(Cc2cccc(C(=O)NC3CCNC(C)C3)c2)n1. The third kappa shape index (κ3) is 4.03. The number of hydrogen-bond acceptors (Lipinski definition) is 3. The zero-order valence-electron chi connectivity index (χ0n) is 14.7. The van der Waals surface area contributed by atoms with E-state index in [1.807, 2.05) is 35.9 Å². The van der Waals surface area contributed by atoms with E-state index in [2.05, 4.69) is 35.6 Å². The fourth-order valence-corrected chi connectivity index (χ4v) is 3.35. The number of nitrogens with zero attached hydrogens (tertiary/aromatic N) is 2. The second-order valence-electron chi connectivity index (χ2n) is 6.84. The molecular weight excluding hydrogens is 300 g/mol. The highest BCUT2D eigenvalue weighted by atomic mass is 16.1. The molecule has 1 saturated heterocycles. The molecule has 2 N–H and O–H groups in total. The second-order valence-corrected chi connectivity index (χ2v) is 6.84. The molecule has 0 saturated carbocycles. The topological polar surface area (TPSA) is 59.0 Å². The normalized spacial score (nSPS) is 20.8. The van der Waals surface area contributed by atoms with Crippen LogP contribution in [0.2, 0.25) is 0 Å². The highest BCUT2D eigenvalue weighted by Crippen LogP contribution is 2.12. The molecule has 1 amide bonds. The minimum Gasteiger partial charge on any atom is -0.349 e. The van der Waals surface area contributed by atoms with Gasteiger partial charge in [0.25, 0.3) is 5.91 Å². The lowest BCUT2D eigenvalue weighted by Gasteiger charge is -2.28. The van der Waals surface area contributed by atoms with Gasteiger partial charge in [0.2, 0.25) is 0 Å². The summed E-state index contributed by atoms with van der Waals surface area (Å²) in [5.74, 6) is 0.0179. The van der Waals surface area contributed by atoms with E-state index in [9.17, 15) is 4.79 Å². The maximum atomic E-state index is 12.5. The Morgan fingerprint density at radius 3 is 2.92 bits per heavy atom. The molecule has 2 atom stereocenters. The molecule has 5 heteroatoms. The van der Waals surface area contributed by atoms with E-state index in [-0.39, 0.29) is 11.9 Å². The number of nitrogens with one attached hydrogen (secondary N) is 2. The van der Waals surface area contributed by atoms with E-state index < -0.39 is 0 Å². The van der Waals surface area contributed by atoms with E-state index >= 15 is 0 Å². The Labute approximate surface area is 143 Å². The summed E-state index contributed by atoms with van der Waals surface area (Å²) < 4.78 is 1.97. The molecule has 1 aromatic heterocycles. The highest BCUT2D eigenvalue weighted by Gasteiger charge is 2.20. The lowest BCUT2D eigenvalue weighted by molar-refractivity contribution is 0.0925. The van der Waals surface area contributed by atoms with Crippen LogP contribution in [0.25, 0.3) is 0 Å². The zero-order chi connectivity index (χ0) is 17.1. The molecule has 128 valence electrons. The van der Waals surface area contributed by atoms with Crippen LogP contribution in [-0.2, 0) is 6.54 Å². The quantitative estimate of drug-likeness (QED) is 0.907. The summed E-state index contributed by atoms with van der Waals surface area (Å²) in [6.07, 6.45) is 1.97. The molecule has 3 rings (SSSR count). The summed E-state index contributed by atoms with van der Waals surface area (Å²) >= 11 is 0. The number of carbonyl (C=O) groups excluding carboxylic acids is 1. The Morgan fingerprint density at radius 2 is 2.21 bits per heavy atom. The molecule has 5 nitrogen and oxygen atoms in total. The molecule has 0 aliphatic carbocycles. The fraction of sp³-hybridized carbons (Fsp3) is 0.474. The average Bonchev–Trinajstić information content (AvgIpc) is 2.85. The number of carbonyl (C=O) groups is 1. The Bertz CT molecular complexity index is 722. The Hall–Kier alpha value is -2.14. The van der Waals surface area contributed by atoms with Gasteiger partial charge in [0.15, 0.2) is 0 Å². The summed E-state index contributed by atoms with van der Waals surface area (Å²) in [6, 6.07) is 10.6. The van der Waals surface area contributed by atoms with Gasteiger partial charge < -0.3 is 10.6 Å². The van der Waals surface area contributed by atoms with Gasteiger partial charge in [0.1, 0.15) is 0 Å². The fourth-order valence-electron chi connectivity index (χ4n) is 3.35. The molecule has 2 aromatic rings. The number of aromatic nitrogens is 2. The maximum absolute atomic E-state index is 12.5. The van der Waals surface area contributed by atoms with E-state index in [1.165, 1.54) is 0 Å². The Kier molecular flexibility index (Phi) is 5.00. The van der Waals surface area contributed by atoms with Crippen LogP contribution in [0.5, 0.6) is 0 Å². The number of rotatable bonds is 4. The van der Waals surface area contributed by atoms with Crippen molar-refractivity contribution in [2.75, 3.05) is 6.54 Å². The molecule has 1 fully saturated rings. The van der Waals surface area contributed by atoms with Crippen molar-refractivity contribution >= 4 is 5.91 Å². The predicted molar refractivity (Wildman–Crippen MR) is 95.2 cm³/mol. The van der Waals surface area contributed by atoms with Gasteiger partial charge in [-0.3, -0.25) is 9.48 Å². The number of hydrogen-bond donors (Lipinski definition) is 2. The van der Waals surface area contributed by atoms with Crippen molar-refractivity contribution in [2.24, 2.45) is 0 Å². The largest absolute Gasteiger partial charge is 0.349 e. The molecule has 1 aliphatic rings. The van der Waals surface area contributed by atoms with Crippen molar-refractivity contribution in [1.82, 2.24) is 20.4 Å². The van der Waals surface area contributed by atoms with E-state index in [1.54, 1.807) is 0 Å². The molecule has 0 spiro atoms. The third-order valence-corrected chi connectivity index (χ3v) is 4.58. The molecule has 0 bridgehead atoms. The Morgan fingerprint density at radius 1 is 1.38 bits per heavy atom. The van der Waals surface area contributed by atoms with E-state index in [4.69, 9.17) is 0 Å². The number of piperidine rings is 1. The molecule has 2 heterocycles. The van der Waals surface area contributed by atoms with Crippen LogP contribution < -0.4 is 10.6 Å². The lowest BCUT2D eigenvalue weighted by atomic mass is 10.00. The van der Waals surface area contributed by atoms with Crippen molar-refractivity contribution in [3.63, 3.8) is 0 Å². The summed E-state index contributed by atoms with van der Waals surface area (Å²) in [5.41, 5.74) is 3.96. The van der Waals surface area contributed by atoms with Gasteiger partial charge in [-0.25, -0.2) is 0 Å². The minimum atomic E-state index is 0.0179. The number of aryl methyl sites for hydroxylation is 2. The van der Waals surface area contributed by atoms with Gasteiger partial charge >= 0.3 is 0 Å². The van der Waals surface area contributed by atoms with Gasteiger partial charge in [-0.05, 0) is 63.9 Å². The van der Waals surface area contributed by atoms with Gasteiger partial charge in [-0.1, -0.05) is 12.1 Å². The molecule has 1 aliphatic heterocycles. The molecule has 24 heavy (non-hydrogen) atoms. The number of amides is 1.